The van der Waals surface area contributed by atoms with Crippen molar-refractivity contribution in [1.82, 2.24) is 0 Å². The molecule has 2 aromatic rings. The van der Waals surface area contributed by atoms with E-state index in [4.69, 9.17) is 9.47 Å². The van der Waals surface area contributed by atoms with Crippen molar-refractivity contribution in [2.24, 2.45) is 0 Å². The quantitative estimate of drug-likeness (QED) is 0.357. The molecule has 0 fully saturated rings. The Hall–Kier alpha value is -2.82. The number of benzene rings is 2. The van der Waals surface area contributed by atoms with E-state index in [1.807, 2.05) is 0 Å². The second kappa shape index (κ2) is 11.0. The molecule has 0 bridgehead atoms. The highest BCUT2D eigenvalue weighted by molar-refractivity contribution is 5.94. The molecular weight excluding hydrogens is 344 g/mol. The first-order chi connectivity index (χ1) is 13.1. The summed E-state index contributed by atoms with van der Waals surface area (Å²) in [6.07, 6.45) is 6.79. The van der Waals surface area contributed by atoms with Crippen LogP contribution in [0.25, 0.3) is 0 Å². The number of para-hydroxylation sites is 1. The molecule has 2 aromatic carbocycles. The Kier molecular flexibility index (Phi) is 8.36. The van der Waals surface area contributed by atoms with Gasteiger partial charge in [-0.2, -0.15) is 0 Å². The molecule has 0 atom stereocenters. The van der Waals surface area contributed by atoms with Crippen molar-refractivity contribution in [3.63, 3.8) is 0 Å². The minimum absolute atomic E-state index is 0.0833. The molecule has 0 radical (unpaired) electrons. The average molecular weight is 370 g/mol. The summed E-state index contributed by atoms with van der Waals surface area (Å²) in [5.41, 5.74) is 0.489. The summed E-state index contributed by atoms with van der Waals surface area (Å²) in [6.45, 7) is 2.59. The van der Waals surface area contributed by atoms with E-state index in [0.717, 1.165) is 12.8 Å². The van der Waals surface area contributed by atoms with E-state index in [0.29, 0.717) is 12.2 Å². The van der Waals surface area contributed by atoms with Crippen LogP contribution in [0.1, 0.15) is 66.2 Å². The van der Waals surface area contributed by atoms with Crippen LogP contribution in [0.3, 0.4) is 0 Å². The second-order valence-corrected chi connectivity index (χ2v) is 6.33. The fraction of sp³-hybridized carbons (Fsp3) is 0.364. The van der Waals surface area contributed by atoms with Crippen molar-refractivity contribution in [3.05, 3.63) is 59.7 Å². The number of carbonyl (C=O) groups excluding carboxylic acids is 2. The number of esters is 2. The monoisotopic (exact) mass is 370 g/mol. The van der Waals surface area contributed by atoms with Crippen molar-refractivity contribution < 1.29 is 24.2 Å². The molecule has 0 saturated heterocycles. The van der Waals surface area contributed by atoms with Crippen LogP contribution in [-0.4, -0.2) is 23.7 Å². The third-order valence-electron chi connectivity index (χ3n) is 4.16. The van der Waals surface area contributed by atoms with E-state index in [1.165, 1.54) is 49.9 Å². The molecule has 27 heavy (non-hydrogen) atoms. The predicted octanol–water partition coefficient (Wildman–Crippen LogP) is 5.13. The summed E-state index contributed by atoms with van der Waals surface area (Å²) in [5, 5.41) is 9.68. The molecule has 5 nitrogen and oxygen atoms in total. The van der Waals surface area contributed by atoms with Crippen molar-refractivity contribution in [2.75, 3.05) is 6.61 Å². The molecule has 0 heterocycles. The maximum atomic E-state index is 12.0. The van der Waals surface area contributed by atoms with Crippen LogP contribution in [0.5, 0.6) is 11.5 Å². The van der Waals surface area contributed by atoms with Crippen molar-refractivity contribution >= 4 is 11.9 Å². The van der Waals surface area contributed by atoms with Gasteiger partial charge in [0, 0.05) is 0 Å². The van der Waals surface area contributed by atoms with Crippen LogP contribution in [0.4, 0.5) is 0 Å². The molecule has 0 unspecified atom stereocenters. The zero-order valence-corrected chi connectivity index (χ0v) is 15.6. The van der Waals surface area contributed by atoms with Gasteiger partial charge in [-0.25, -0.2) is 9.59 Å². The number of aromatic hydroxyl groups is 1. The van der Waals surface area contributed by atoms with Crippen LogP contribution in [-0.2, 0) is 4.74 Å². The van der Waals surface area contributed by atoms with E-state index in [2.05, 4.69) is 6.92 Å². The molecule has 2 rings (SSSR count). The van der Waals surface area contributed by atoms with Gasteiger partial charge in [0.1, 0.15) is 17.1 Å². The minimum Gasteiger partial charge on any atom is -0.507 e. The van der Waals surface area contributed by atoms with Gasteiger partial charge < -0.3 is 14.6 Å². The number of unbranched alkanes of at least 4 members (excludes halogenated alkanes) is 5. The number of hydrogen-bond acceptors (Lipinski definition) is 5. The summed E-state index contributed by atoms with van der Waals surface area (Å²) >= 11 is 0. The Balaban J connectivity index is 1.78. The highest BCUT2D eigenvalue weighted by atomic mass is 16.5. The fourth-order valence-corrected chi connectivity index (χ4v) is 2.60. The van der Waals surface area contributed by atoms with Crippen molar-refractivity contribution in [3.8, 4) is 11.5 Å². The summed E-state index contributed by atoms with van der Waals surface area (Å²) < 4.78 is 10.5. The average Bonchev–Trinajstić information content (AvgIpc) is 2.68. The molecule has 0 aliphatic heterocycles. The van der Waals surface area contributed by atoms with Gasteiger partial charge >= 0.3 is 11.9 Å². The summed E-state index contributed by atoms with van der Waals surface area (Å²) in [6, 6.07) is 12.3. The zero-order chi connectivity index (χ0) is 19.5. The Morgan fingerprint density at radius 3 is 2.22 bits per heavy atom. The fourth-order valence-electron chi connectivity index (χ4n) is 2.60. The van der Waals surface area contributed by atoms with Crippen molar-refractivity contribution in [1.29, 1.82) is 0 Å². The maximum absolute atomic E-state index is 12.0. The lowest BCUT2D eigenvalue weighted by atomic mass is 10.1. The molecule has 0 aliphatic rings. The topological polar surface area (TPSA) is 72.8 Å². The first-order valence-corrected chi connectivity index (χ1v) is 9.39. The van der Waals surface area contributed by atoms with Gasteiger partial charge in [-0.15, -0.1) is 0 Å². The van der Waals surface area contributed by atoms with E-state index in [-0.39, 0.29) is 23.0 Å². The Morgan fingerprint density at radius 2 is 1.52 bits per heavy atom. The first-order valence-electron chi connectivity index (χ1n) is 9.39. The number of carbonyl (C=O) groups is 2. The normalized spacial score (nSPS) is 10.4. The van der Waals surface area contributed by atoms with E-state index < -0.39 is 5.97 Å². The molecule has 5 heteroatoms. The smallest absolute Gasteiger partial charge is 0.347 e. The number of phenols is 1. The lowest BCUT2D eigenvalue weighted by Crippen LogP contribution is -2.09. The Labute approximate surface area is 159 Å². The lowest BCUT2D eigenvalue weighted by molar-refractivity contribution is 0.0497. The molecule has 0 amide bonds. The predicted molar refractivity (Wildman–Crippen MR) is 103 cm³/mol. The van der Waals surface area contributed by atoms with Crippen LogP contribution in [0.15, 0.2) is 48.5 Å². The van der Waals surface area contributed by atoms with Gasteiger partial charge in [0.25, 0.3) is 0 Å². The number of hydrogen-bond donors (Lipinski definition) is 1. The van der Waals surface area contributed by atoms with E-state index in [9.17, 15) is 14.7 Å². The molecule has 1 N–H and O–H groups in total. The molecule has 144 valence electrons. The molecule has 0 aliphatic carbocycles. The Morgan fingerprint density at radius 1 is 0.852 bits per heavy atom. The number of ether oxygens (including phenoxy) is 2. The Bertz CT molecular complexity index is 737. The number of rotatable bonds is 10. The van der Waals surface area contributed by atoms with Crippen molar-refractivity contribution in [2.45, 2.75) is 45.4 Å². The number of phenolic OH excluding ortho intramolecular Hbond substituents is 1. The molecule has 0 aromatic heterocycles. The van der Waals surface area contributed by atoms with Crippen LogP contribution in [0, 0.1) is 0 Å². The van der Waals surface area contributed by atoms with Crippen LogP contribution >= 0.6 is 0 Å². The summed E-state index contributed by atoms with van der Waals surface area (Å²) in [5.74, 6) is -0.901. The largest absolute Gasteiger partial charge is 0.507 e. The van der Waals surface area contributed by atoms with Gasteiger partial charge in [-0.05, 0) is 42.8 Å². The highest BCUT2D eigenvalue weighted by Gasteiger charge is 2.13. The third kappa shape index (κ3) is 6.77. The third-order valence-corrected chi connectivity index (χ3v) is 4.16. The maximum Gasteiger partial charge on any atom is 0.347 e. The lowest BCUT2D eigenvalue weighted by Gasteiger charge is -2.07. The minimum atomic E-state index is -0.661. The molecule has 0 saturated carbocycles. The second-order valence-electron chi connectivity index (χ2n) is 6.33. The molecule has 0 spiro atoms. The van der Waals surface area contributed by atoms with Crippen LogP contribution in [0.2, 0.25) is 0 Å². The van der Waals surface area contributed by atoms with Gasteiger partial charge in [-0.3, -0.25) is 0 Å². The first kappa shape index (κ1) is 20.5. The van der Waals surface area contributed by atoms with Gasteiger partial charge in [-0.1, -0.05) is 51.2 Å². The van der Waals surface area contributed by atoms with Gasteiger partial charge in [0.05, 0.1) is 12.2 Å². The van der Waals surface area contributed by atoms with Gasteiger partial charge in [0.15, 0.2) is 0 Å². The standard InChI is InChI=1S/C22H26O5/c1-2-3-4-5-6-9-16-26-21(24)17-12-14-18(15-13-17)27-22(25)19-10-7-8-11-20(19)23/h7-8,10-15,23H,2-6,9,16H2,1H3. The summed E-state index contributed by atoms with van der Waals surface area (Å²) in [4.78, 5) is 24.1. The van der Waals surface area contributed by atoms with Crippen LogP contribution < -0.4 is 4.74 Å². The van der Waals surface area contributed by atoms with E-state index >= 15 is 0 Å². The van der Waals surface area contributed by atoms with E-state index in [1.54, 1.807) is 24.3 Å². The van der Waals surface area contributed by atoms with Gasteiger partial charge in [0.2, 0.25) is 0 Å². The SMILES string of the molecule is CCCCCCCCOC(=O)c1ccc(OC(=O)c2ccccc2O)cc1. The molecular formula is C22H26O5. The zero-order valence-electron chi connectivity index (χ0n) is 15.6. The summed E-state index contributed by atoms with van der Waals surface area (Å²) in [7, 11) is 0. The highest BCUT2D eigenvalue weighted by Crippen LogP contribution is 2.20.